The van der Waals surface area contributed by atoms with Gasteiger partial charge in [-0.3, -0.25) is 9.59 Å². The fraction of sp³-hybridized carbons (Fsp3) is 0.818. The molecule has 78 valence electrons. The minimum atomic E-state index is -0.402. The first-order chi connectivity index (χ1) is 5.55. The Hall–Kier alpha value is 1.15. The molecule has 0 atom stereocenters. The summed E-state index contributed by atoms with van der Waals surface area (Å²) in [5.41, 5.74) is -0.804. The van der Waals surface area contributed by atoms with Gasteiger partial charge in [-0.2, -0.15) is 0 Å². The van der Waals surface area contributed by atoms with Crippen molar-refractivity contribution in [3.63, 3.8) is 0 Å². The van der Waals surface area contributed by atoms with E-state index in [4.69, 9.17) is 0 Å². The second-order valence-corrected chi connectivity index (χ2v) is 5.52. The van der Waals surface area contributed by atoms with Crippen LogP contribution in [-0.2, 0) is 9.59 Å². The molecule has 0 amide bonds. The first kappa shape index (κ1) is 17.5. The molecule has 0 aromatic rings. The average Bonchev–Trinajstić information content (AvgIpc) is 1.82. The molecule has 2 nitrogen and oxygen atoms in total. The van der Waals surface area contributed by atoms with Crippen LogP contribution in [0.2, 0.25) is 0 Å². The molecule has 3 heteroatoms. The van der Waals surface area contributed by atoms with Crippen LogP contribution in [0.5, 0.6) is 0 Å². The fourth-order valence-electron chi connectivity index (χ4n) is 0.676. The summed E-state index contributed by atoms with van der Waals surface area (Å²) in [5, 5.41) is 0. The number of carbonyl (C=O) groups excluding carboxylic acids is 2. The van der Waals surface area contributed by atoms with Gasteiger partial charge in [0.05, 0.1) is 6.42 Å². The number of hydrogen-bond acceptors (Lipinski definition) is 2. The summed E-state index contributed by atoms with van der Waals surface area (Å²) in [6, 6.07) is 0. The van der Waals surface area contributed by atoms with E-state index in [1.54, 1.807) is 0 Å². The first-order valence-electron chi connectivity index (χ1n) is 4.62. The minimum absolute atomic E-state index is 0. The van der Waals surface area contributed by atoms with Gasteiger partial charge in [0.1, 0.15) is 11.6 Å². The molecule has 0 N–H and O–H groups in total. The Morgan fingerprint density at radius 3 is 1.14 bits per heavy atom. The van der Waals surface area contributed by atoms with E-state index in [-0.39, 0.29) is 76.2 Å². The fourth-order valence-corrected chi connectivity index (χ4v) is 0.676. The monoisotopic (exact) mass is 270 g/mol. The van der Waals surface area contributed by atoms with Gasteiger partial charge in [-0.15, -0.1) is 0 Å². The van der Waals surface area contributed by atoms with Gasteiger partial charge in [0, 0.05) is 10.8 Å². The predicted octanol–water partition coefficient (Wildman–Crippen LogP) is 1.96. The Labute approximate surface area is 136 Å². The number of carbonyl (C=O) groups is 2. The van der Waals surface area contributed by atoms with Gasteiger partial charge < -0.3 is 0 Å². The number of rotatable bonds is 2. The van der Waals surface area contributed by atoms with Crippen LogP contribution in [0.4, 0.5) is 0 Å². The first-order valence-corrected chi connectivity index (χ1v) is 4.62. The Kier molecular flexibility index (Phi) is 7.54. The molecular weight excluding hydrogens is 250 g/mol. The molecule has 0 bridgehead atoms. The maximum absolute atomic E-state index is 11.5. The van der Waals surface area contributed by atoms with Crippen LogP contribution >= 0.6 is 0 Å². The van der Waals surface area contributed by atoms with E-state index in [1.807, 2.05) is 41.5 Å². The van der Waals surface area contributed by atoms with Crippen molar-refractivity contribution in [1.82, 2.24) is 0 Å². The molecule has 0 unspecified atom stereocenters. The quantitative estimate of drug-likeness (QED) is 0.719. The zero-order valence-electron chi connectivity index (χ0n) is 9.52. The summed E-state index contributed by atoms with van der Waals surface area (Å²) in [5.74, 6) is 0.0415. The molecular formula is C11H21O2Rb. The third-order valence-electron chi connectivity index (χ3n) is 1.99. The van der Waals surface area contributed by atoms with Crippen LogP contribution in [0.25, 0.3) is 0 Å². The van der Waals surface area contributed by atoms with Crippen LogP contribution in [0, 0.1) is 10.8 Å². The van der Waals surface area contributed by atoms with E-state index in [1.165, 1.54) is 0 Å². The number of ketones is 2. The molecule has 0 fully saturated rings. The molecule has 0 saturated heterocycles. The summed E-state index contributed by atoms with van der Waals surface area (Å²) in [4.78, 5) is 23.0. The second-order valence-electron chi connectivity index (χ2n) is 5.52. The molecule has 0 aromatic carbocycles. The summed E-state index contributed by atoms with van der Waals surface area (Å²) in [6.45, 7) is 11.0. The average molecular weight is 271 g/mol. The molecule has 0 aromatic heterocycles. The van der Waals surface area contributed by atoms with Crippen molar-refractivity contribution >= 4 is 69.8 Å². The molecule has 0 radical (unpaired) electrons. The van der Waals surface area contributed by atoms with Gasteiger partial charge >= 0.3 is 58.2 Å². The Balaban J connectivity index is 0. The van der Waals surface area contributed by atoms with Gasteiger partial charge in [0.15, 0.2) is 0 Å². The zero-order valence-corrected chi connectivity index (χ0v) is 9.52. The van der Waals surface area contributed by atoms with Gasteiger partial charge in [-0.1, -0.05) is 41.5 Å². The SMILES string of the molecule is CC(C)(C)C(=O)CC(=O)C(C)(C)C.[RbH]. The number of Topliss-reactive ketones (excluding diaryl/α,β-unsaturated/α-hetero) is 2. The Morgan fingerprint density at radius 1 is 0.786 bits per heavy atom. The van der Waals surface area contributed by atoms with Gasteiger partial charge in [-0.25, -0.2) is 0 Å². The van der Waals surface area contributed by atoms with E-state index >= 15 is 0 Å². The van der Waals surface area contributed by atoms with E-state index in [9.17, 15) is 9.59 Å². The second kappa shape index (κ2) is 6.02. The van der Waals surface area contributed by atoms with Crippen LogP contribution in [0.15, 0.2) is 0 Å². The molecule has 0 rings (SSSR count). The molecule has 0 aliphatic heterocycles. The van der Waals surface area contributed by atoms with E-state index in [0.717, 1.165) is 0 Å². The van der Waals surface area contributed by atoms with Crippen LogP contribution in [0.1, 0.15) is 48.0 Å². The predicted molar refractivity (Wildman–Crippen MR) is 60.7 cm³/mol. The van der Waals surface area contributed by atoms with Gasteiger partial charge in [0.2, 0.25) is 0 Å². The standard InChI is InChI=1S/C11H20O2.Rb.H/c1-10(2,3)8(12)7-9(13)11(4,5)6;;/h7H2,1-6H3;;. The molecule has 0 aliphatic carbocycles. The van der Waals surface area contributed by atoms with Crippen molar-refractivity contribution in [2.24, 2.45) is 10.8 Å². The third kappa shape index (κ3) is 6.60. The van der Waals surface area contributed by atoms with Gasteiger partial charge in [0.25, 0.3) is 0 Å². The third-order valence-corrected chi connectivity index (χ3v) is 1.99. The van der Waals surface area contributed by atoms with Crippen LogP contribution in [-0.4, -0.2) is 69.8 Å². The van der Waals surface area contributed by atoms with Crippen molar-refractivity contribution < 1.29 is 9.59 Å². The molecule has 0 aliphatic rings. The Morgan fingerprint density at radius 2 is 1.00 bits per heavy atom. The maximum atomic E-state index is 11.5. The molecule has 0 heterocycles. The van der Waals surface area contributed by atoms with Gasteiger partial charge in [-0.05, 0) is 0 Å². The van der Waals surface area contributed by atoms with Crippen molar-refractivity contribution in [1.29, 1.82) is 0 Å². The molecule has 0 saturated carbocycles. The molecule has 14 heavy (non-hydrogen) atoms. The summed E-state index contributed by atoms with van der Waals surface area (Å²) >= 11 is 0. The van der Waals surface area contributed by atoms with Crippen molar-refractivity contribution in [2.45, 2.75) is 48.0 Å². The number of hydrogen-bond donors (Lipinski definition) is 0. The topological polar surface area (TPSA) is 34.1 Å². The molecule has 0 spiro atoms. The summed E-state index contributed by atoms with van der Waals surface area (Å²) < 4.78 is 0. The zero-order chi connectivity index (χ0) is 10.9. The van der Waals surface area contributed by atoms with E-state index in [0.29, 0.717) is 0 Å². The van der Waals surface area contributed by atoms with Crippen molar-refractivity contribution in [3.05, 3.63) is 0 Å². The van der Waals surface area contributed by atoms with Crippen molar-refractivity contribution in [2.75, 3.05) is 0 Å². The van der Waals surface area contributed by atoms with Crippen molar-refractivity contribution in [3.8, 4) is 0 Å². The van der Waals surface area contributed by atoms with E-state index < -0.39 is 10.8 Å². The summed E-state index contributed by atoms with van der Waals surface area (Å²) in [7, 11) is 0. The normalized spacial score (nSPS) is 11.9. The Bertz CT molecular complexity index is 194. The van der Waals surface area contributed by atoms with Crippen LogP contribution < -0.4 is 0 Å². The van der Waals surface area contributed by atoms with E-state index in [2.05, 4.69) is 0 Å². The summed E-state index contributed by atoms with van der Waals surface area (Å²) in [6.07, 6.45) is 0.0625. The van der Waals surface area contributed by atoms with Crippen LogP contribution in [0.3, 0.4) is 0 Å².